The number of hydrogen-bond acceptors (Lipinski definition) is 16. The van der Waals surface area contributed by atoms with Crippen molar-refractivity contribution < 1.29 is 53.2 Å². The number of esters is 1. The van der Waals surface area contributed by atoms with Gasteiger partial charge in [-0.3, -0.25) is 33.5 Å². The van der Waals surface area contributed by atoms with E-state index in [4.69, 9.17) is 25.7 Å². The molecule has 2 aromatic heterocycles. The fourth-order valence-electron chi connectivity index (χ4n) is 7.58. The fraction of sp³-hybridized carbons (Fsp3) is 0.600. The lowest BCUT2D eigenvalue weighted by atomic mass is 9.98. The number of aliphatic imine (C=N–C) groups is 1. The van der Waals surface area contributed by atoms with Crippen LogP contribution in [-0.4, -0.2) is 148 Å². The number of methoxy groups -OCH3 is 1. The molecule has 23 nitrogen and oxygen atoms in total. The number of nitrogens with one attached hydrogen (secondary N) is 4. The van der Waals surface area contributed by atoms with E-state index in [-0.39, 0.29) is 44.0 Å². The first kappa shape index (κ1) is 54.1. The number of rotatable bonds is 26. The molecule has 10 N–H and O–H groups in total. The second-order valence-electron chi connectivity index (χ2n) is 17.9. The van der Waals surface area contributed by atoms with Crippen LogP contribution in [0.4, 0.5) is 5.82 Å². The molecular formula is C45H68N12O11. The Kier molecular flexibility index (Phi) is 20.4. The van der Waals surface area contributed by atoms with Gasteiger partial charge in [0.1, 0.15) is 47.8 Å². The third-order valence-corrected chi connectivity index (χ3v) is 10.9. The number of carbonyl (C=O) groups is 6. The highest BCUT2D eigenvalue weighted by Crippen LogP contribution is 2.33. The van der Waals surface area contributed by atoms with Gasteiger partial charge in [-0.1, -0.05) is 25.0 Å². The first-order chi connectivity index (χ1) is 32.2. The molecule has 0 bridgehead atoms. The number of aliphatic hydroxyl groups is 2. The SMILES string of the molecule is COc1ccc(CC(NC(=O)C(CCCCCC(C)=O)NC(=O)CNC(=O)C(CCCN=C(N)N)CC(=O)OC(C)(C)C)C(=O)N[C@@H]2C(O)[C@H](n3cnc4c(N(C)C)ncnc43)O[C@@H]2CO)cc1. The van der Waals surface area contributed by atoms with Crippen molar-refractivity contribution in [1.82, 2.24) is 40.8 Å². The Morgan fingerprint density at radius 2 is 1.66 bits per heavy atom. The van der Waals surface area contributed by atoms with Crippen molar-refractivity contribution in [3.05, 3.63) is 42.5 Å². The normalized spacial score (nSPS) is 18.1. The molecule has 1 aromatic carbocycles. The molecule has 3 aromatic rings. The van der Waals surface area contributed by atoms with Gasteiger partial charge in [-0.15, -0.1) is 0 Å². The lowest BCUT2D eigenvalue weighted by Gasteiger charge is -2.27. The number of unbranched alkanes of at least 4 members (excludes halogenated alkanes) is 2. The van der Waals surface area contributed by atoms with Crippen LogP contribution in [0.3, 0.4) is 0 Å². The maximum Gasteiger partial charge on any atom is 0.307 e. The van der Waals surface area contributed by atoms with Crippen molar-refractivity contribution in [3.63, 3.8) is 0 Å². The Labute approximate surface area is 395 Å². The second kappa shape index (κ2) is 25.6. The summed E-state index contributed by atoms with van der Waals surface area (Å²) >= 11 is 0. The molecular weight excluding hydrogens is 885 g/mol. The molecule has 1 aliphatic rings. The summed E-state index contributed by atoms with van der Waals surface area (Å²) in [7, 11) is 5.09. The van der Waals surface area contributed by atoms with E-state index in [1.165, 1.54) is 31.3 Å². The van der Waals surface area contributed by atoms with Crippen LogP contribution in [0.15, 0.2) is 41.9 Å². The standard InChI is InChI=1S/C45H68N12O11/c1-26(59)12-9-8-10-14-30(53-33(60)22-49-40(63)28(13-11-19-48-44(46)47)21-34(61)68-45(2,3)4)41(64)54-31(20-27-15-17-29(66-7)18-16-27)42(65)55-35-32(23-58)67-43(37(35)62)57-25-52-36-38(56(5)6)50-24-51-39(36)57/h15-18,24-25,28,30-32,35,37,43,58,62H,8-14,19-23H2,1-7H3,(H,49,63)(H,53,60)(H,54,64)(H,55,65)(H4,46,47,48)/t28?,30?,31?,32-,35+,37?,43-/m1/s1. The highest BCUT2D eigenvalue weighted by atomic mass is 16.6. The van der Waals surface area contributed by atoms with Gasteiger partial charge in [-0.2, -0.15) is 0 Å². The van der Waals surface area contributed by atoms with Gasteiger partial charge in [0, 0.05) is 39.4 Å². The fourth-order valence-corrected chi connectivity index (χ4v) is 7.58. The monoisotopic (exact) mass is 953 g/mol. The molecule has 0 saturated carbocycles. The van der Waals surface area contributed by atoms with Gasteiger partial charge >= 0.3 is 5.97 Å². The van der Waals surface area contributed by atoms with Crippen LogP contribution < -0.4 is 42.4 Å². The minimum atomic E-state index is -1.43. The average molecular weight is 953 g/mol. The number of ketones is 1. The number of fused-ring (bicyclic) bond motifs is 1. The van der Waals surface area contributed by atoms with E-state index >= 15 is 0 Å². The van der Waals surface area contributed by atoms with E-state index in [1.54, 1.807) is 64.0 Å². The summed E-state index contributed by atoms with van der Waals surface area (Å²) in [6.45, 7) is 5.64. The molecule has 1 fully saturated rings. The first-order valence-corrected chi connectivity index (χ1v) is 22.6. The van der Waals surface area contributed by atoms with Crippen molar-refractivity contribution in [2.24, 2.45) is 22.4 Å². The quantitative estimate of drug-likeness (QED) is 0.0226. The molecule has 374 valence electrons. The highest BCUT2D eigenvalue weighted by molar-refractivity contribution is 5.94. The van der Waals surface area contributed by atoms with E-state index in [0.29, 0.717) is 60.4 Å². The molecule has 0 spiro atoms. The number of nitrogens with two attached hydrogens (primary N) is 2. The Morgan fingerprint density at radius 1 is 0.941 bits per heavy atom. The Hall–Kier alpha value is -6.46. The molecule has 7 atom stereocenters. The zero-order chi connectivity index (χ0) is 50.1. The number of benzene rings is 1. The van der Waals surface area contributed by atoms with Crippen LogP contribution >= 0.6 is 0 Å². The van der Waals surface area contributed by atoms with Gasteiger partial charge < -0.3 is 66.9 Å². The summed E-state index contributed by atoms with van der Waals surface area (Å²) < 4.78 is 18.3. The number of guanidine groups is 1. The van der Waals surface area contributed by atoms with Crippen molar-refractivity contribution >= 4 is 58.3 Å². The van der Waals surface area contributed by atoms with Gasteiger partial charge in [-0.25, -0.2) is 15.0 Å². The number of imidazole rings is 1. The third kappa shape index (κ3) is 16.4. The molecule has 0 radical (unpaired) electrons. The van der Waals surface area contributed by atoms with E-state index in [1.807, 2.05) is 0 Å². The molecule has 23 heteroatoms. The van der Waals surface area contributed by atoms with Crippen molar-refractivity contribution in [2.75, 3.05) is 45.8 Å². The number of hydrogen-bond donors (Lipinski definition) is 8. The number of Topliss-reactive ketones (excluding diaryl/α,β-unsaturated/α-hetero) is 1. The average Bonchev–Trinajstić information content (AvgIpc) is 3.84. The van der Waals surface area contributed by atoms with Gasteiger partial charge in [0.15, 0.2) is 29.2 Å². The van der Waals surface area contributed by atoms with Crippen LogP contribution in [0.2, 0.25) is 0 Å². The van der Waals surface area contributed by atoms with Crippen molar-refractivity contribution in [2.45, 2.75) is 128 Å². The number of aromatic nitrogens is 4. The number of anilines is 1. The van der Waals surface area contributed by atoms with Crippen LogP contribution in [-0.2, 0) is 44.7 Å². The second-order valence-corrected chi connectivity index (χ2v) is 17.9. The Bertz CT molecular complexity index is 2210. The van der Waals surface area contributed by atoms with Crippen molar-refractivity contribution in [3.8, 4) is 5.75 Å². The lowest BCUT2D eigenvalue weighted by molar-refractivity contribution is -0.157. The van der Waals surface area contributed by atoms with Crippen LogP contribution in [0.5, 0.6) is 5.75 Å². The molecule has 4 rings (SSSR count). The third-order valence-electron chi connectivity index (χ3n) is 10.9. The van der Waals surface area contributed by atoms with E-state index < -0.39 is 90.8 Å². The molecule has 68 heavy (non-hydrogen) atoms. The number of amides is 4. The predicted octanol–water partition coefficient (Wildman–Crippen LogP) is -0.0941. The molecule has 3 heterocycles. The molecule has 0 aliphatic carbocycles. The smallest absolute Gasteiger partial charge is 0.307 e. The van der Waals surface area contributed by atoms with Gasteiger partial charge in [0.05, 0.1) is 39.1 Å². The summed E-state index contributed by atoms with van der Waals surface area (Å²) in [4.78, 5) is 98.6. The molecule has 1 aliphatic heterocycles. The minimum Gasteiger partial charge on any atom is -0.497 e. The largest absolute Gasteiger partial charge is 0.497 e. The molecule has 4 amide bonds. The van der Waals surface area contributed by atoms with Gasteiger partial charge in [0.25, 0.3) is 0 Å². The maximum atomic E-state index is 14.4. The summed E-state index contributed by atoms with van der Waals surface area (Å²) in [6.07, 6.45) is 1.29. The summed E-state index contributed by atoms with van der Waals surface area (Å²) in [5, 5.41) is 32.9. The number of carbonyl (C=O) groups excluding carboxylic acids is 6. The van der Waals surface area contributed by atoms with Gasteiger partial charge in [-0.05, 0) is 71.1 Å². The van der Waals surface area contributed by atoms with Gasteiger partial charge in [0.2, 0.25) is 23.6 Å². The predicted molar refractivity (Wildman–Crippen MR) is 250 cm³/mol. The topological polar surface area (TPSA) is 330 Å². The van der Waals surface area contributed by atoms with Crippen LogP contribution in [0, 0.1) is 5.92 Å². The number of ether oxygens (including phenoxy) is 3. The minimum absolute atomic E-state index is 0.00952. The summed E-state index contributed by atoms with van der Waals surface area (Å²) in [5.74, 6) is -3.33. The number of aliphatic hydroxyl groups excluding tert-OH is 2. The molecule has 4 unspecified atom stereocenters. The van der Waals surface area contributed by atoms with Crippen LogP contribution in [0.25, 0.3) is 11.2 Å². The maximum absolute atomic E-state index is 14.4. The zero-order valence-corrected chi connectivity index (χ0v) is 39.9. The zero-order valence-electron chi connectivity index (χ0n) is 39.9. The Morgan fingerprint density at radius 3 is 2.29 bits per heavy atom. The lowest BCUT2D eigenvalue weighted by Crippen LogP contribution is -2.58. The number of nitrogens with zero attached hydrogens (tertiary/aromatic N) is 6. The summed E-state index contributed by atoms with van der Waals surface area (Å²) in [6, 6.07) is 3.13. The van der Waals surface area contributed by atoms with Crippen LogP contribution in [0.1, 0.15) is 90.9 Å². The van der Waals surface area contributed by atoms with Crippen molar-refractivity contribution in [1.29, 1.82) is 0 Å². The summed E-state index contributed by atoms with van der Waals surface area (Å²) in [5.41, 5.74) is 11.5. The Balaban J connectivity index is 1.54. The van der Waals surface area contributed by atoms with E-state index in [9.17, 15) is 39.0 Å². The van der Waals surface area contributed by atoms with E-state index in [2.05, 4.69) is 41.2 Å². The van der Waals surface area contributed by atoms with E-state index in [0.717, 1.165) is 0 Å². The highest BCUT2D eigenvalue weighted by Gasteiger charge is 2.46. The molecule has 1 saturated heterocycles. The first-order valence-electron chi connectivity index (χ1n) is 22.6.